The number of carbonyl (C=O) groups excluding carboxylic acids is 1. The van der Waals surface area contributed by atoms with Gasteiger partial charge in [0.05, 0.1) is 12.8 Å². The molecule has 0 unspecified atom stereocenters. The number of nitrogens with zero attached hydrogens (tertiary/aromatic N) is 2. The molecule has 0 bridgehead atoms. The maximum absolute atomic E-state index is 11.6. The number of thiazole rings is 1. The Labute approximate surface area is 149 Å². The topological polar surface area (TPSA) is 44.1 Å². The minimum Gasteiger partial charge on any atom is -0.468 e. The zero-order valence-electron chi connectivity index (χ0n) is 13.7. The first-order valence-electron chi connectivity index (χ1n) is 7.91. The molecule has 2 aromatic heterocycles. The summed E-state index contributed by atoms with van der Waals surface area (Å²) in [5.74, 6) is -0.261. The van der Waals surface area contributed by atoms with Crippen molar-refractivity contribution in [2.45, 2.75) is 6.54 Å². The molecule has 0 saturated carbocycles. The van der Waals surface area contributed by atoms with Gasteiger partial charge in [0.15, 0.2) is 0 Å². The van der Waals surface area contributed by atoms with Gasteiger partial charge in [-0.3, -0.25) is 4.79 Å². The van der Waals surface area contributed by atoms with Gasteiger partial charge < -0.3 is 9.30 Å². The van der Waals surface area contributed by atoms with Crippen LogP contribution in [0.15, 0.2) is 66.2 Å². The molecule has 0 fully saturated rings. The van der Waals surface area contributed by atoms with Crippen LogP contribution in [-0.4, -0.2) is 22.6 Å². The van der Waals surface area contributed by atoms with Gasteiger partial charge in [-0.2, -0.15) is 0 Å². The summed E-state index contributed by atoms with van der Waals surface area (Å²) in [7, 11) is 1.40. The van der Waals surface area contributed by atoms with Crippen molar-refractivity contribution in [1.82, 2.24) is 9.55 Å². The molecule has 0 radical (unpaired) electrons. The Balaban J connectivity index is 1.71. The Morgan fingerprint density at radius 1 is 1.12 bits per heavy atom. The van der Waals surface area contributed by atoms with Gasteiger partial charge in [0.2, 0.25) is 0 Å². The highest BCUT2D eigenvalue weighted by atomic mass is 32.1. The van der Waals surface area contributed by atoms with Gasteiger partial charge >= 0.3 is 5.97 Å². The normalized spacial score (nSPS) is 10.9. The molecule has 0 spiro atoms. The molecule has 2 heterocycles. The minimum absolute atomic E-state index is 0.204. The van der Waals surface area contributed by atoms with Crippen LogP contribution in [0.25, 0.3) is 32.7 Å². The number of ether oxygens (including phenoxy) is 1. The second-order valence-corrected chi connectivity index (χ2v) is 6.56. The van der Waals surface area contributed by atoms with Gasteiger partial charge in [-0.25, -0.2) is 4.98 Å². The number of rotatable bonds is 4. The van der Waals surface area contributed by atoms with Crippen LogP contribution in [0.4, 0.5) is 0 Å². The van der Waals surface area contributed by atoms with E-state index in [0.29, 0.717) is 0 Å². The van der Waals surface area contributed by atoms with E-state index in [1.54, 1.807) is 11.3 Å². The molecule has 0 atom stereocenters. The van der Waals surface area contributed by atoms with Crippen LogP contribution < -0.4 is 0 Å². The number of fused-ring (bicyclic) bond motifs is 1. The molecule has 0 amide bonds. The van der Waals surface area contributed by atoms with Crippen molar-refractivity contribution in [2.75, 3.05) is 7.11 Å². The van der Waals surface area contributed by atoms with Crippen molar-refractivity contribution in [3.63, 3.8) is 0 Å². The molecule has 0 saturated heterocycles. The van der Waals surface area contributed by atoms with Crippen LogP contribution in [0.3, 0.4) is 0 Å². The van der Waals surface area contributed by atoms with Crippen LogP contribution in [0.5, 0.6) is 0 Å². The SMILES string of the molecule is COC(=O)Cn1ccc2ccc(-c3csc(-c4ccccc4)n3)cc21. The molecule has 0 aliphatic carbocycles. The van der Waals surface area contributed by atoms with Crippen LogP contribution in [0.2, 0.25) is 0 Å². The largest absolute Gasteiger partial charge is 0.468 e. The zero-order valence-corrected chi connectivity index (χ0v) is 14.5. The van der Waals surface area contributed by atoms with E-state index in [0.717, 1.165) is 32.7 Å². The van der Waals surface area contributed by atoms with Crippen LogP contribution in [0.1, 0.15) is 0 Å². The summed E-state index contributed by atoms with van der Waals surface area (Å²) in [5.41, 5.74) is 4.10. The van der Waals surface area contributed by atoms with Crippen molar-refractivity contribution < 1.29 is 9.53 Å². The lowest BCUT2D eigenvalue weighted by Gasteiger charge is -2.05. The van der Waals surface area contributed by atoms with E-state index in [9.17, 15) is 4.79 Å². The molecule has 124 valence electrons. The summed E-state index contributed by atoms with van der Waals surface area (Å²) in [5, 5.41) is 4.16. The molecule has 0 N–H and O–H groups in total. The second-order valence-electron chi connectivity index (χ2n) is 5.70. The van der Waals surface area contributed by atoms with Crippen LogP contribution in [-0.2, 0) is 16.1 Å². The monoisotopic (exact) mass is 348 g/mol. The summed E-state index contributed by atoms with van der Waals surface area (Å²) in [6.45, 7) is 0.204. The first-order chi connectivity index (χ1) is 12.2. The van der Waals surface area contributed by atoms with Crippen molar-refractivity contribution in [3.05, 3.63) is 66.2 Å². The van der Waals surface area contributed by atoms with Crippen LogP contribution >= 0.6 is 11.3 Å². The molecule has 5 heteroatoms. The second kappa shape index (κ2) is 6.53. The molecular weight excluding hydrogens is 332 g/mol. The predicted octanol–water partition coefficient (Wildman–Crippen LogP) is 4.60. The summed E-state index contributed by atoms with van der Waals surface area (Å²) < 4.78 is 6.67. The Morgan fingerprint density at radius 3 is 2.76 bits per heavy atom. The van der Waals surface area contributed by atoms with Gasteiger partial charge in [-0.15, -0.1) is 11.3 Å². The van der Waals surface area contributed by atoms with Gasteiger partial charge in [-0.1, -0.05) is 42.5 Å². The van der Waals surface area contributed by atoms with Crippen molar-refractivity contribution in [2.24, 2.45) is 0 Å². The lowest BCUT2D eigenvalue weighted by molar-refractivity contribution is -0.141. The molecule has 25 heavy (non-hydrogen) atoms. The molecule has 2 aromatic carbocycles. The van der Waals surface area contributed by atoms with E-state index >= 15 is 0 Å². The lowest BCUT2D eigenvalue weighted by atomic mass is 10.1. The summed E-state index contributed by atoms with van der Waals surface area (Å²) in [6.07, 6.45) is 1.90. The fraction of sp³-hybridized carbons (Fsp3) is 0.100. The molecule has 4 nitrogen and oxygen atoms in total. The lowest BCUT2D eigenvalue weighted by Crippen LogP contribution is -2.10. The predicted molar refractivity (Wildman–Crippen MR) is 100 cm³/mol. The fourth-order valence-electron chi connectivity index (χ4n) is 2.80. The quantitative estimate of drug-likeness (QED) is 0.506. The number of hydrogen-bond donors (Lipinski definition) is 0. The Kier molecular flexibility index (Phi) is 4.07. The van der Waals surface area contributed by atoms with E-state index < -0.39 is 0 Å². The van der Waals surface area contributed by atoms with E-state index in [4.69, 9.17) is 9.72 Å². The number of benzene rings is 2. The van der Waals surface area contributed by atoms with Crippen LogP contribution in [0, 0.1) is 0 Å². The van der Waals surface area contributed by atoms with Crippen molar-refractivity contribution >= 4 is 28.2 Å². The third kappa shape index (κ3) is 3.06. The fourth-order valence-corrected chi connectivity index (χ4v) is 3.64. The third-order valence-corrected chi connectivity index (χ3v) is 5.01. The summed E-state index contributed by atoms with van der Waals surface area (Å²) in [4.78, 5) is 16.4. The molecule has 4 rings (SSSR count). The third-order valence-electron chi connectivity index (χ3n) is 4.12. The smallest absolute Gasteiger partial charge is 0.325 e. The van der Waals surface area contributed by atoms with Crippen molar-refractivity contribution in [3.8, 4) is 21.8 Å². The Morgan fingerprint density at radius 2 is 1.96 bits per heavy atom. The number of aromatic nitrogens is 2. The maximum atomic E-state index is 11.6. The number of esters is 1. The maximum Gasteiger partial charge on any atom is 0.325 e. The van der Waals surface area contributed by atoms with E-state index in [2.05, 4.69) is 35.7 Å². The standard InChI is InChI=1S/C20H16N2O2S/c1-24-19(23)12-22-10-9-14-7-8-16(11-18(14)22)17-13-25-20(21-17)15-5-3-2-4-6-15/h2-11,13H,12H2,1H3. The average molecular weight is 348 g/mol. The highest BCUT2D eigenvalue weighted by Gasteiger charge is 2.10. The molecule has 4 aromatic rings. The van der Waals surface area contributed by atoms with E-state index in [1.165, 1.54) is 7.11 Å². The summed E-state index contributed by atoms with van der Waals surface area (Å²) in [6, 6.07) is 18.3. The van der Waals surface area contributed by atoms with Gasteiger partial charge in [-0.05, 0) is 17.5 Å². The number of hydrogen-bond acceptors (Lipinski definition) is 4. The highest BCUT2D eigenvalue weighted by Crippen LogP contribution is 2.30. The average Bonchev–Trinajstić information content (AvgIpc) is 3.30. The number of carbonyl (C=O) groups is 1. The highest BCUT2D eigenvalue weighted by molar-refractivity contribution is 7.13. The molecule has 0 aliphatic heterocycles. The van der Waals surface area contributed by atoms with E-state index in [1.807, 2.05) is 35.0 Å². The van der Waals surface area contributed by atoms with Gasteiger partial charge in [0.1, 0.15) is 11.6 Å². The first kappa shape index (κ1) is 15.6. The zero-order chi connectivity index (χ0) is 17.2. The number of methoxy groups -OCH3 is 1. The minimum atomic E-state index is -0.261. The molecule has 0 aliphatic rings. The van der Waals surface area contributed by atoms with Gasteiger partial charge in [0, 0.05) is 28.2 Å². The Bertz CT molecular complexity index is 1030. The van der Waals surface area contributed by atoms with Gasteiger partial charge in [0.25, 0.3) is 0 Å². The Hall–Kier alpha value is -2.92. The van der Waals surface area contributed by atoms with E-state index in [-0.39, 0.29) is 12.5 Å². The van der Waals surface area contributed by atoms with Crippen molar-refractivity contribution in [1.29, 1.82) is 0 Å². The first-order valence-corrected chi connectivity index (χ1v) is 8.79. The summed E-state index contributed by atoms with van der Waals surface area (Å²) >= 11 is 1.63. The molecular formula is C20H16N2O2S.